The van der Waals surface area contributed by atoms with Gasteiger partial charge in [-0.2, -0.15) is 0 Å². The van der Waals surface area contributed by atoms with Crippen molar-refractivity contribution in [2.24, 2.45) is 0 Å². The minimum Gasteiger partial charge on any atom is -0.478 e. The largest absolute Gasteiger partial charge is 0.478 e. The standard InChI is InChI=1S/C13H18ClNO5S/c1-20-8-4-2-3-7-15-21(18,19)10-5-6-12(14)11(9-10)13(16)17/h5-6,9,15H,2-4,7-8H2,1H3,(H,16,17). The van der Waals surface area contributed by atoms with Crippen LogP contribution >= 0.6 is 11.6 Å². The molecule has 2 N–H and O–H groups in total. The Morgan fingerprint density at radius 1 is 1.33 bits per heavy atom. The lowest BCUT2D eigenvalue weighted by Crippen LogP contribution is -2.25. The second-order valence-electron chi connectivity index (χ2n) is 4.40. The monoisotopic (exact) mass is 335 g/mol. The average molecular weight is 336 g/mol. The van der Waals surface area contributed by atoms with Gasteiger partial charge in [0.2, 0.25) is 10.0 Å². The molecule has 1 aromatic carbocycles. The van der Waals surface area contributed by atoms with E-state index in [0.29, 0.717) is 13.0 Å². The number of methoxy groups -OCH3 is 1. The highest BCUT2D eigenvalue weighted by molar-refractivity contribution is 7.89. The molecule has 0 aliphatic carbocycles. The van der Waals surface area contributed by atoms with E-state index in [-0.39, 0.29) is 22.0 Å². The first-order valence-corrected chi connectivity index (χ1v) is 8.26. The second-order valence-corrected chi connectivity index (χ2v) is 6.57. The number of aromatic carboxylic acids is 1. The fourth-order valence-corrected chi connectivity index (χ4v) is 2.97. The molecule has 21 heavy (non-hydrogen) atoms. The Morgan fingerprint density at radius 2 is 2.05 bits per heavy atom. The molecule has 0 bridgehead atoms. The minimum atomic E-state index is -3.73. The lowest BCUT2D eigenvalue weighted by atomic mass is 10.2. The minimum absolute atomic E-state index is 0.000940. The molecule has 0 amide bonds. The van der Waals surface area contributed by atoms with Crippen LogP contribution in [0.5, 0.6) is 0 Å². The molecule has 8 heteroatoms. The van der Waals surface area contributed by atoms with Crippen LogP contribution in [0.2, 0.25) is 5.02 Å². The van der Waals surface area contributed by atoms with Gasteiger partial charge in [0.1, 0.15) is 0 Å². The molecular weight excluding hydrogens is 318 g/mol. The highest BCUT2D eigenvalue weighted by Crippen LogP contribution is 2.20. The number of sulfonamides is 1. The number of hydrogen-bond donors (Lipinski definition) is 2. The molecule has 0 heterocycles. The zero-order valence-electron chi connectivity index (χ0n) is 11.6. The topological polar surface area (TPSA) is 92.7 Å². The number of carboxylic acids is 1. The lowest BCUT2D eigenvalue weighted by Gasteiger charge is -2.08. The molecule has 0 unspecified atom stereocenters. The van der Waals surface area contributed by atoms with Crippen molar-refractivity contribution in [2.75, 3.05) is 20.3 Å². The maximum Gasteiger partial charge on any atom is 0.337 e. The predicted molar refractivity (Wildman–Crippen MR) is 79.3 cm³/mol. The Kier molecular flexibility index (Phi) is 7.10. The van der Waals surface area contributed by atoms with E-state index >= 15 is 0 Å². The van der Waals surface area contributed by atoms with Crippen LogP contribution < -0.4 is 4.72 Å². The van der Waals surface area contributed by atoms with Gasteiger partial charge in [0, 0.05) is 20.3 Å². The maximum absolute atomic E-state index is 12.0. The number of benzene rings is 1. The number of nitrogens with one attached hydrogen (secondary N) is 1. The van der Waals surface area contributed by atoms with E-state index < -0.39 is 16.0 Å². The van der Waals surface area contributed by atoms with E-state index in [0.717, 1.165) is 18.9 Å². The van der Waals surface area contributed by atoms with Crippen molar-refractivity contribution in [3.63, 3.8) is 0 Å². The average Bonchev–Trinajstić information content (AvgIpc) is 2.42. The van der Waals surface area contributed by atoms with Gasteiger partial charge in [0.05, 0.1) is 15.5 Å². The number of rotatable bonds is 9. The summed E-state index contributed by atoms with van der Waals surface area (Å²) in [5, 5.41) is 8.94. The van der Waals surface area contributed by atoms with E-state index in [9.17, 15) is 13.2 Å². The molecule has 0 saturated heterocycles. The number of hydrogen-bond acceptors (Lipinski definition) is 4. The second kappa shape index (κ2) is 8.33. The maximum atomic E-state index is 12.0. The lowest BCUT2D eigenvalue weighted by molar-refractivity contribution is 0.0697. The first-order chi connectivity index (χ1) is 9.88. The first-order valence-electron chi connectivity index (χ1n) is 6.40. The van der Waals surface area contributed by atoms with Crippen LogP contribution in [-0.4, -0.2) is 39.8 Å². The Hall–Kier alpha value is -1.15. The van der Waals surface area contributed by atoms with Crippen LogP contribution in [0.15, 0.2) is 23.1 Å². The third-order valence-corrected chi connectivity index (χ3v) is 4.58. The van der Waals surface area contributed by atoms with Crippen molar-refractivity contribution in [3.05, 3.63) is 28.8 Å². The normalized spacial score (nSPS) is 11.5. The van der Waals surface area contributed by atoms with Gasteiger partial charge >= 0.3 is 5.97 Å². The summed E-state index contributed by atoms with van der Waals surface area (Å²) in [6.07, 6.45) is 2.39. The summed E-state index contributed by atoms with van der Waals surface area (Å²) in [4.78, 5) is 10.8. The van der Waals surface area contributed by atoms with Crippen LogP contribution in [0.4, 0.5) is 0 Å². The fraction of sp³-hybridized carbons (Fsp3) is 0.462. The highest BCUT2D eigenvalue weighted by Gasteiger charge is 2.17. The molecule has 118 valence electrons. The third-order valence-electron chi connectivity index (χ3n) is 2.80. The smallest absolute Gasteiger partial charge is 0.337 e. The molecule has 0 radical (unpaired) electrons. The van der Waals surface area contributed by atoms with Gasteiger partial charge in [-0.25, -0.2) is 17.9 Å². The molecule has 1 aromatic rings. The van der Waals surface area contributed by atoms with Crippen LogP contribution in [0.3, 0.4) is 0 Å². The van der Waals surface area contributed by atoms with Gasteiger partial charge in [-0.15, -0.1) is 0 Å². The van der Waals surface area contributed by atoms with Gasteiger partial charge in [0.15, 0.2) is 0 Å². The Balaban J connectivity index is 2.66. The van der Waals surface area contributed by atoms with E-state index in [2.05, 4.69) is 4.72 Å². The van der Waals surface area contributed by atoms with Crippen molar-refractivity contribution in [1.29, 1.82) is 0 Å². The molecule has 6 nitrogen and oxygen atoms in total. The Morgan fingerprint density at radius 3 is 2.67 bits per heavy atom. The Labute approximate surface area is 129 Å². The summed E-state index contributed by atoms with van der Waals surface area (Å²) in [5.74, 6) is -1.27. The van der Waals surface area contributed by atoms with Crippen LogP contribution in [0, 0.1) is 0 Å². The van der Waals surface area contributed by atoms with E-state index in [1.54, 1.807) is 7.11 Å². The zero-order chi connectivity index (χ0) is 15.9. The van der Waals surface area contributed by atoms with Crippen molar-refractivity contribution in [3.8, 4) is 0 Å². The van der Waals surface area contributed by atoms with Crippen molar-refractivity contribution >= 4 is 27.6 Å². The molecular formula is C13H18ClNO5S. The molecule has 0 atom stereocenters. The number of carbonyl (C=O) groups is 1. The Bertz CT molecular complexity index is 588. The highest BCUT2D eigenvalue weighted by atomic mass is 35.5. The molecule has 0 fully saturated rings. The van der Waals surface area contributed by atoms with Crippen LogP contribution in [-0.2, 0) is 14.8 Å². The van der Waals surface area contributed by atoms with Gasteiger partial charge in [-0.3, -0.25) is 0 Å². The number of halogens is 1. The number of carboxylic acid groups (broad SMARTS) is 1. The van der Waals surface area contributed by atoms with Crippen molar-refractivity contribution in [2.45, 2.75) is 24.2 Å². The molecule has 0 aliphatic heterocycles. The summed E-state index contributed by atoms with van der Waals surface area (Å²) < 4.78 is 31.4. The van der Waals surface area contributed by atoms with E-state index in [1.165, 1.54) is 12.1 Å². The summed E-state index contributed by atoms with van der Waals surface area (Å²) in [6, 6.07) is 3.60. The summed E-state index contributed by atoms with van der Waals surface area (Å²) in [6.45, 7) is 0.934. The molecule has 0 aromatic heterocycles. The molecule has 0 spiro atoms. The van der Waals surface area contributed by atoms with Crippen LogP contribution in [0.25, 0.3) is 0 Å². The van der Waals surface area contributed by atoms with E-state index in [4.69, 9.17) is 21.4 Å². The quantitative estimate of drug-likeness (QED) is 0.674. The summed E-state index contributed by atoms with van der Waals surface area (Å²) in [7, 11) is -2.11. The van der Waals surface area contributed by atoms with Gasteiger partial charge in [-0.05, 0) is 37.5 Å². The third kappa shape index (κ3) is 5.62. The van der Waals surface area contributed by atoms with Gasteiger partial charge < -0.3 is 9.84 Å². The van der Waals surface area contributed by atoms with Crippen molar-refractivity contribution in [1.82, 2.24) is 4.72 Å². The molecule has 0 saturated carbocycles. The number of unbranched alkanes of at least 4 members (excludes halogenated alkanes) is 2. The van der Waals surface area contributed by atoms with Crippen molar-refractivity contribution < 1.29 is 23.1 Å². The van der Waals surface area contributed by atoms with Gasteiger partial charge in [0.25, 0.3) is 0 Å². The molecule has 0 aliphatic rings. The summed E-state index contributed by atoms with van der Waals surface area (Å²) in [5.41, 5.74) is -0.236. The van der Waals surface area contributed by atoms with Crippen LogP contribution in [0.1, 0.15) is 29.6 Å². The fourth-order valence-electron chi connectivity index (χ4n) is 1.67. The van der Waals surface area contributed by atoms with Gasteiger partial charge in [-0.1, -0.05) is 11.6 Å². The predicted octanol–water partition coefficient (Wildman–Crippen LogP) is 2.13. The zero-order valence-corrected chi connectivity index (χ0v) is 13.2. The first kappa shape index (κ1) is 17.9. The number of ether oxygens (including phenoxy) is 1. The SMILES string of the molecule is COCCCCCNS(=O)(=O)c1ccc(Cl)c(C(=O)O)c1. The van der Waals surface area contributed by atoms with E-state index in [1.807, 2.05) is 0 Å². The summed E-state index contributed by atoms with van der Waals surface area (Å²) >= 11 is 5.71. The molecule has 1 rings (SSSR count).